The van der Waals surface area contributed by atoms with Gasteiger partial charge in [-0.15, -0.1) is 0 Å². The first-order valence-corrected chi connectivity index (χ1v) is 7.70. The number of nitrogens with one attached hydrogen (secondary N) is 1. The Morgan fingerprint density at radius 2 is 1.76 bits per heavy atom. The predicted molar refractivity (Wildman–Crippen MR) is 87.1 cm³/mol. The molecule has 21 heavy (non-hydrogen) atoms. The topological polar surface area (TPSA) is 21.3 Å². The van der Waals surface area contributed by atoms with Gasteiger partial charge in [-0.25, -0.2) is 0 Å². The van der Waals surface area contributed by atoms with E-state index in [1.54, 1.807) is 0 Å². The molecule has 2 aromatic carbocycles. The monoisotopic (exact) mass is 281 g/mol. The normalized spacial score (nSPS) is 15.2. The molecule has 0 amide bonds. The van der Waals surface area contributed by atoms with Crippen molar-refractivity contribution in [2.75, 3.05) is 13.7 Å². The van der Waals surface area contributed by atoms with Crippen LogP contribution in [0.3, 0.4) is 0 Å². The van der Waals surface area contributed by atoms with Gasteiger partial charge in [-0.05, 0) is 56.0 Å². The van der Waals surface area contributed by atoms with Crippen molar-refractivity contribution in [2.24, 2.45) is 0 Å². The Labute approximate surface area is 127 Å². The van der Waals surface area contributed by atoms with Gasteiger partial charge in [0.2, 0.25) is 0 Å². The van der Waals surface area contributed by atoms with Gasteiger partial charge in [-0.1, -0.05) is 36.4 Å². The molecule has 0 fully saturated rings. The Kier molecular flexibility index (Phi) is 3.98. The zero-order valence-electron chi connectivity index (χ0n) is 13.1. The van der Waals surface area contributed by atoms with E-state index in [1.807, 2.05) is 7.05 Å². The number of rotatable bonds is 3. The first-order valence-electron chi connectivity index (χ1n) is 7.70. The van der Waals surface area contributed by atoms with Crippen molar-refractivity contribution in [3.05, 3.63) is 64.2 Å². The van der Waals surface area contributed by atoms with Gasteiger partial charge in [0.1, 0.15) is 5.75 Å². The molecule has 0 saturated heterocycles. The first kappa shape index (κ1) is 14.2. The van der Waals surface area contributed by atoms with E-state index in [2.05, 4.69) is 55.6 Å². The Balaban J connectivity index is 2.13. The molecule has 1 aliphatic heterocycles. The number of para-hydroxylation sites is 1. The molecular formula is C19H23NO. The van der Waals surface area contributed by atoms with Gasteiger partial charge in [-0.2, -0.15) is 0 Å². The van der Waals surface area contributed by atoms with Gasteiger partial charge in [0, 0.05) is 5.56 Å². The van der Waals surface area contributed by atoms with Gasteiger partial charge < -0.3 is 10.1 Å². The number of fused-ring (bicyclic) bond motifs is 1. The second-order valence-electron chi connectivity index (χ2n) is 5.81. The van der Waals surface area contributed by atoms with E-state index in [9.17, 15) is 0 Å². The molecule has 2 aromatic rings. The Hall–Kier alpha value is -1.80. The highest BCUT2D eigenvalue weighted by molar-refractivity contribution is 5.50. The molecule has 1 unspecified atom stereocenters. The third-order valence-electron chi connectivity index (χ3n) is 4.39. The van der Waals surface area contributed by atoms with Crippen molar-refractivity contribution in [2.45, 2.75) is 32.7 Å². The lowest BCUT2D eigenvalue weighted by Gasteiger charge is -2.27. The van der Waals surface area contributed by atoms with E-state index in [0.29, 0.717) is 0 Å². The maximum absolute atomic E-state index is 6.00. The molecule has 2 heteroatoms. The molecule has 0 aliphatic carbocycles. The van der Waals surface area contributed by atoms with Crippen LogP contribution in [0.5, 0.6) is 5.75 Å². The molecule has 1 N–H and O–H groups in total. The molecule has 2 nitrogen and oxygen atoms in total. The van der Waals surface area contributed by atoms with Crippen molar-refractivity contribution in [3.63, 3.8) is 0 Å². The average molecular weight is 281 g/mol. The highest BCUT2D eigenvalue weighted by Crippen LogP contribution is 2.37. The molecule has 1 atom stereocenters. The van der Waals surface area contributed by atoms with Crippen LogP contribution >= 0.6 is 0 Å². The van der Waals surface area contributed by atoms with E-state index in [1.165, 1.54) is 27.8 Å². The zero-order chi connectivity index (χ0) is 14.8. The Bertz CT molecular complexity index is 628. The minimum absolute atomic E-state index is 0.180. The summed E-state index contributed by atoms with van der Waals surface area (Å²) in [6, 6.07) is 13.2. The van der Waals surface area contributed by atoms with E-state index >= 15 is 0 Å². The molecule has 0 radical (unpaired) electrons. The smallest absolute Gasteiger partial charge is 0.127 e. The summed E-state index contributed by atoms with van der Waals surface area (Å²) >= 11 is 0. The number of hydrogen-bond acceptors (Lipinski definition) is 2. The van der Waals surface area contributed by atoms with Gasteiger partial charge in [-0.3, -0.25) is 0 Å². The molecule has 0 bridgehead atoms. The minimum atomic E-state index is 0.180. The molecule has 0 saturated carbocycles. The summed E-state index contributed by atoms with van der Waals surface area (Å²) in [5.41, 5.74) is 6.60. The van der Waals surface area contributed by atoms with Crippen LogP contribution in [-0.2, 0) is 6.42 Å². The summed E-state index contributed by atoms with van der Waals surface area (Å²) in [6.45, 7) is 5.19. The lowest BCUT2D eigenvalue weighted by atomic mass is 9.89. The van der Waals surface area contributed by atoms with Crippen molar-refractivity contribution in [3.8, 4) is 5.75 Å². The van der Waals surface area contributed by atoms with Crippen LogP contribution in [0.1, 0.15) is 40.3 Å². The summed E-state index contributed by atoms with van der Waals surface area (Å²) < 4.78 is 6.00. The van der Waals surface area contributed by atoms with Crippen molar-refractivity contribution >= 4 is 0 Å². The zero-order valence-corrected chi connectivity index (χ0v) is 13.1. The molecule has 1 aliphatic rings. The molecule has 110 valence electrons. The van der Waals surface area contributed by atoms with Gasteiger partial charge in [0.15, 0.2) is 0 Å². The van der Waals surface area contributed by atoms with Crippen LogP contribution in [0.2, 0.25) is 0 Å². The number of ether oxygens (including phenoxy) is 1. The van der Waals surface area contributed by atoms with E-state index < -0.39 is 0 Å². The summed E-state index contributed by atoms with van der Waals surface area (Å²) in [5.74, 6) is 1.09. The van der Waals surface area contributed by atoms with Gasteiger partial charge in [0.25, 0.3) is 0 Å². The second kappa shape index (κ2) is 5.90. The summed E-state index contributed by atoms with van der Waals surface area (Å²) in [4.78, 5) is 0. The molecule has 3 rings (SSSR count). The average Bonchev–Trinajstić information content (AvgIpc) is 2.51. The van der Waals surface area contributed by atoms with Crippen LogP contribution in [0.25, 0.3) is 0 Å². The Morgan fingerprint density at radius 1 is 1.05 bits per heavy atom. The number of benzene rings is 2. The maximum atomic E-state index is 6.00. The minimum Gasteiger partial charge on any atom is -0.493 e. The standard InChI is InChI=1S/C19H23NO/c1-13-7-4-8-14(2)17(13)18(20-3)16-11-5-9-15-10-6-12-21-19(15)16/h4-5,7-9,11,18,20H,6,10,12H2,1-3H3. The fraction of sp³-hybridized carbons (Fsp3) is 0.368. The van der Waals surface area contributed by atoms with Crippen LogP contribution in [0, 0.1) is 13.8 Å². The van der Waals surface area contributed by atoms with Crippen LogP contribution in [0.15, 0.2) is 36.4 Å². The van der Waals surface area contributed by atoms with E-state index in [0.717, 1.165) is 25.2 Å². The SMILES string of the molecule is CNC(c1cccc2c1OCCC2)c1c(C)cccc1C. The summed E-state index contributed by atoms with van der Waals surface area (Å²) in [5, 5.41) is 3.49. The highest BCUT2D eigenvalue weighted by Gasteiger charge is 2.23. The summed E-state index contributed by atoms with van der Waals surface area (Å²) in [6.07, 6.45) is 2.23. The third-order valence-corrected chi connectivity index (χ3v) is 4.39. The van der Waals surface area contributed by atoms with Crippen molar-refractivity contribution in [1.29, 1.82) is 0 Å². The van der Waals surface area contributed by atoms with Crippen molar-refractivity contribution < 1.29 is 4.74 Å². The Morgan fingerprint density at radius 3 is 2.48 bits per heavy atom. The fourth-order valence-electron chi connectivity index (χ4n) is 3.38. The van der Waals surface area contributed by atoms with Crippen LogP contribution in [-0.4, -0.2) is 13.7 Å². The molecule has 0 aromatic heterocycles. The second-order valence-corrected chi connectivity index (χ2v) is 5.81. The molecule has 1 heterocycles. The first-order chi connectivity index (χ1) is 10.2. The van der Waals surface area contributed by atoms with E-state index in [4.69, 9.17) is 4.74 Å². The van der Waals surface area contributed by atoms with Crippen LogP contribution < -0.4 is 10.1 Å². The number of hydrogen-bond donors (Lipinski definition) is 1. The van der Waals surface area contributed by atoms with Gasteiger partial charge >= 0.3 is 0 Å². The molecular weight excluding hydrogens is 258 g/mol. The third kappa shape index (κ3) is 2.56. The quantitative estimate of drug-likeness (QED) is 0.920. The predicted octanol–water partition coefficient (Wildman–Crippen LogP) is 3.94. The van der Waals surface area contributed by atoms with Crippen LogP contribution in [0.4, 0.5) is 0 Å². The van der Waals surface area contributed by atoms with E-state index in [-0.39, 0.29) is 6.04 Å². The maximum Gasteiger partial charge on any atom is 0.127 e. The fourth-order valence-corrected chi connectivity index (χ4v) is 3.38. The van der Waals surface area contributed by atoms with Gasteiger partial charge in [0.05, 0.1) is 12.6 Å². The van der Waals surface area contributed by atoms with Crippen molar-refractivity contribution in [1.82, 2.24) is 5.32 Å². The molecule has 0 spiro atoms. The lowest BCUT2D eigenvalue weighted by molar-refractivity contribution is 0.283. The summed E-state index contributed by atoms with van der Waals surface area (Å²) in [7, 11) is 2.03. The lowest BCUT2D eigenvalue weighted by Crippen LogP contribution is -2.22. The highest BCUT2D eigenvalue weighted by atomic mass is 16.5. The largest absolute Gasteiger partial charge is 0.493 e. The number of aryl methyl sites for hydroxylation is 3.